The molecule has 0 saturated heterocycles. The van der Waals surface area contributed by atoms with Gasteiger partial charge in [-0.15, -0.1) is 0 Å². The molecule has 1 fully saturated rings. The Balaban J connectivity index is 2.82. The molecule has 1 saturated carbocycles. The lowest BCUT2D eigenvalue weighted by molar-refractivity contribution is -0.152. The van der Waals surface area contributed by atoms with E-state index in [0.29, 0.717) is 5.71 Å². The van der Waals surface area contributed by atoms with Gasteiger partial charge in [0.2, 0.25) is 0 Å². The number of carbonyl (C=O) groups excluding carboxylic acids is 1. The lowest BCUT2D eigenvalue weighted by Crippen LogP contribution is -2.43. The fourth-order valence-electron chi connectivity index (χ4n) is 2.03. The number of oxime groups is 1. The van der Waals surface area contributed by atoms with Gasteiger partial charge in [-0.25, -0.2) is 0 Å². The lowest BCUT2D eigenvalue weighted by atomic mass is 9.81. The first-order valence-corrected chi connectivity index (χ1v) is 4.99. The van der Waals surface area contributed by atoms with Crippen LogP contribution < -0.4 is 0 Å². The summed E-state index contributed by atoms with van der Waals surface area (Å²) in [6.07, 6.45) is 4.72. The molecule has 0 aromatic rings. The zero-order valence-electron chi connectivity index (χ0n) is 8.75. The minimum Gasteiger partial charge on any atom is -0.453 e. The van der Waals surface area contributed by atoms with Crippen molar-refractivity contribution >= 4 is 11.7 Å². The summed E-state index contributed by atoms with van der Waals surface area (Å²) < 4.78 is 5.30. The third-order valence-electron chi connectivity index (χ3n) is 2.81. The van der Waals surface area contributed by atoms with Crippen molar-refractivity contribution in [3.05, 3.63) is 0 Å². The fraction of sp³-hybridized carbons (Fsp3) is 0.800. The maximum Gasteiger partial charge on any atom is 0.303 e. The number of nitrogens with zero attached hydrogens (tertiary/aromatic N) is 1. The Morgan fingerprint density at radius 3 is 2.29 bits per heavy atom. The summed E-state index contributed by atoms with van der Waals surface area (Å²) in [4.78, 5) is 11.0. The van der Waals surface area contributed by atoms with Crippen LogP contribution in [-0.4, -0.2) is 22.5 Å². The molecule has 14 heavy (non-hydrogen) atoms. The molecule has 4 nitrogen and oxygen atoms in total. The maximum atomic E-state index is 11.0. The molecule has 1 aliphatic carbocycles. The standard InChI is InChI=1S/C10H17NO3/c1-8(11-13)10(14-9(2)12)6-4-3-5-7-10/h13H,3-7H2,1-2H3/b11-8-. The van der Waals surface area contributed by atoms with E-state index in [1.54, 1.807) is 6.92 Å². The van der Waals surface area contributed by atoms with Crippen molar-refractivity contribution in [3.8, 4) is 0 Å². The zero-order chi connectivity index (χ0) is 10.6. The summed E-state index contributed by atoms with van der Waals surface area (Å²) in [6, 6.07) is 0. The lowest BCUT2D eigenvalue weighted by Gasteiger charge is -2.35. The number of esters is 1. The average molecular weight is 199 g/mol. The molecule has 0 radical (unpaired) electrons. The third-order valence-corrected chi connectivity index (χ3v) is 2.81. The second kappa shape index (κ2) is 4.44. The van der Waals surface area contributed by atoms with E-state index in [0.717, 1.165) is 32.1 Å². The van der Waals surface area contributed by atoms with E-state index >= 15 is 0 Å². The first-order valence-electron chi connectivity index (χ1n) is 4.99. The normalized spacial score (nSPS) is 21.7. The van der Waals surface area contributed by atoms with Crippen LogP contribution in [0.1, 0.15) is 46.0 Å². The van der Waals surface area contributed by atoms with Gasteiger partial charge in [0, 0.05) is 6.92 Å². The van der Waals surface area contributed by atoms with Gasteiger partial charge in [-0.3, -0.25) is 4.79 Å². The molecular formula is C10H17NO3. The van der Waals surface area contributed by atoms with E-state index in [2.05, 4.69) is 5.16 Å². The largest absolute Gasteiger partial charge is 0.453 e. The molecule has 0 aromatic heterocycles. The average Bonchev–Trinajstić information content (AvgIpc) is 2.17. The van der Waals surface area contributed by atoms with Crippen LogP contribution in [0.2, 0.25) is 0 Å². The van der Waals surface area contributed by atoms with E-state index < -0.39 is 5.60 Å². The first kappa shape index (κ1) is 11.0. The topological polar surface area (TPSA) is 58.9 Å². The second-order valence-corrected chi connectivity index (χ2v) is 3.83. The van der Waals surface area contributed by atoms with Gasteiger partial charge in [-0.2, -0.15) is 0 Å². The Labute approximate surface area is 83.9 Å². The van der Waals surface area contributed by atoms with E-state index in [-0.39, 0.29) is 5.97 Å². The maximum absolute atomic E-state index is 11.0. The SMILES string of the molecule is CC(=O)OC1(/C(C)=N\O)CCCCC1. The zero-order valence-corrected chi connectivity index (χ0v) is 8.75. The molecule has 80 valence electrons. The monoisotopic (exact) mass is 199 g/mol. The highest BCUT2D eigenvalue weighted by molar-refractivity contribution is 5.91. The van der Waals surface area contributed by atoms with Gasteiger partial charge in [0.05, 0.1) is 5.71 Å². The molecule has 0 spiro atoms. The van der Waals surface area contributed by atoms with Gasteiger partial charge in [-0.05, 0) is 32.6 Å². The van der Waals surface area contributed by atoms with Crippen molar-refractivity contribution in [1.29, 1.82) is 0 Å². The molecule has 4 heteroatoms. The van der Waals surface area contributed by atoms with Gasteiger partial charge < -0.3 is 9.94 Å². The summed E-state index contributed by atoms with van der Waals surface area (Å²) in [5.74, 6) is -0.310. The fourth-order valence-corrected chi connectivity index (χ4v) is 2.03. The van der Waals surface area contributed by atoms with Crippen LogP contribution in [0.15, 0.2) is 5.16 Å². The van der Waals surface area contributed by atoms with Crippen molar-refractivity contribution in [3.63, 3.8) is 0 Å². The van der Waals surface area contributed by atoms with Gasteiger partial charge >= 0.3 is 5.97 Å². The number of hydrogen-bond donors (Lipinski definition) is 1. The molecular weight excluding hydrogens is 182 g/mol. The smallest absolute Gasteiger partial charge is 0.303 e. The summed E-state index contributed by atoms with van der Waals surface area (Å²) in [5, 5.41) is 11.9. The molecule has 0 unspecified atom stereocenters. The summed E-state index contributed by atoms with van der Waals surface area (Å²) >= 11 is 0. The highest BCUT2D eigenvalue weighted by atomic mass is 16.6. The molecule has 0 aliphatic heterocycles. The molecule has 0 bridgehead atoms. The van der Waals surface area contributed by atoms with Crippen molar-refractivity contribution in [2.75, 3.05) is 0 Å². The van der Waals surface area contributed by atoms with Gasteiger partial charge in [0.25, 0.3) is 0 Å². The summed E-state index contributed by atoms with van der Waals surface area (Å²) in [7, 11) is 0. The van der Waals surface area contributed by atoms with Crippen molar-refractivity contribution in [2.24, 2.45) is 5.16 Å². The number of hydrogen-bond acceptors (Lipinski definition) is 4. The highest BCUT2D eigenvalue weighted by Gasteiger charge is 2.38. The first-order chi connectivity index (χ1) is 6.60. The highest BCUT2D eigenvalue weighted by Crippen LogP contribution is 2.33. The number of ether oxygens (including phenoxy) is 1. The number of rotatable bonds is 2. The molecule has 1 rings (SSSR count). The molecule has 0 atom stereocenters. The van der Waals surface area contributed by atoms with Gasteiger partial charge in [-0.1, -0.05) is 11.6 Å². The van der Waals surface area contributed by atoms with E-state index in [9.17, 15) is 4.79 Å². The van der Waals surface area contributed by atoms with Crippen LogP contribution >= 0.6 is 0 Å². The Bertz CT molecular complexity index is 242. The molecule has 1 N–H and O–H groups in total. The van der Waals surface area contributed by atoms with Gasteiger partial charge in [0.15, 0.2) is 5.60 Å². The van der Waals surface area contributed by atoms with E-state index in [1.807, 2.05) is 0 Å². The molecule has 0 aromatic carbocycles. The summed E-state index contributed by atoms with van der Waals surface area (Å²) in [6.45, 7) is 3.09. The quantitative estimate of drug-likeness (QED) is 0.320. The Hall–Kier alpha value is -1.06. The predicted octanol–water partition coefficient (Wildman–Crippen LogP) is 2.10. The van der Waals surface area contributed by atoms with Crippen LogP contribution in [-0.2, 0) is 9.53 Å². The Morgan fingerprint density at radius 1 is 1.29 bits per heavy atom. The van der Waals surface area contributed by atoms with Crippen molar-refractivity contribution < 1.29 is 14.7 Å². The Kier molecular flexibility index (Phi) is 3.49. The molecule has 0 heterocycles. The van der Waals surface area contributed by atoms with Crippen molar-refractivity contribution in [1.82, 2.24) is 0 Å². The van der Waals surface area contributed by atoms with Crippen LogP contribution in [0, 0.1) is 0 Å². The minimum absolute atomic E-state index is 0.310. The van der Waals surface area contributed by atoms with Crippen LogP contribution in [0.5, 0.6) is 0 Å². The van der Waals surface area contributed by atoms with E-state index in [1.165, 1.54) is 6.92 Å². The minimum atomic E-state index is -0.640. The molecule has 0 amide bonds. The van der Waals surface area contributed by atoms with Gasteiger partial charge in [0.1, 0.15) is 0 Å². The number of carbonyl (C=O) groups is 1. The van der Waals surface area contributed by atoms with Crippen LogP contribution in [0.4, 0.5) is 0 Å². The van der Waals surface area contributed by atoms with Crippen molar-refractivity contribution in [2.45, 2.75) is 51.6 Å². The third kappa shape index (κ3) is 2.25. The summed E-state index contributed by atoms with van der Waals surface area (Å²) in [5.41, 5.74) is -0.133. The Morgan fingerprint density at radius 2 is 1.86 bits per heavy atom. The van der Waals surface area contributed by atoms with E-state index in [4.69, 9.17) is 9.94 Å². The van der Waals surface area contributed by atoms with Crippen LogP contribution in [0.25, 0.3) is 0 Å². The second-order valence-electron chi connectivity index (χ2n) is 3.83. The molecule has 1 aliphatic rings. The predicted molar refractivity (Wildman–Crippen MR) is 52.5 cm³/mol. The van der Waals surface area contributed by atoms with Crippen LogP contribution in [0.3, 0.4) is 0 Å².